The molecule has 0 amide bonds. The molecule has 0 saturated heterocycles. The summed E-state index contributed by atoms with van der Waals surface area (Å²) in [5.74, 6) is 0.0159. The van der Waals surface area contributed by atoms with Crippen molar-refractivity contribution in [3.8, 4) is 11.1 Å². The van der Waals surface area contributed by atoms with Crippen LogP contribution in [0.5, 0.6) is 0 Å². The predicted molar refractivity (Wildman–Crippen MR) is 119 cm³/mol. The fourth-order valence-corrected chi connectivity index (χ4v) is 4.09. The summed E-state index contributed by atoms with van der Waals surface area (Å²) in [5.41, 5.74) is 1.93. The first-order chi connectivity index (χ1) is 14.0. The van der Waals surface area contributed by atoms with Gasteiger partial charge in [-0.3, -0.25) is 5.10 Å². The van der Waals surface area contributed by atoms with Gasteiger partial charge in [-0.15, -0.1) is 0 Å². The monoisotopic (exact) mass is 426 g/mol. The molecule has 0 aliphatic carbocycles. The summed E-state index contributed by atoms with van der Waals surface area (Å²) < 4.78 is 30.5. The zero-order valence-electron chi connectivity index (χ0n) is 17.2. The quantitative estimate of drug-likeness (QED) is 0.499. The fourth-order valence-electron chi connectivity index (χ4n) is 3.54. The maximum Gasteiger partial charge on any atom is 0.169 e. The average molecular weight is 427 g/mol. The molecule has 8 heteroatoms. The van der Waals surface area contributed by atoms with E-state index in [9.17, 15) is 13.7 Å². The van der Waals surface area contributed by atoms with Gasteiger partial charge in [-0.1, -0.05) is 12.1 Å². The highest BCUT2D eigenvalue weighted by atomic mass is 32.2. The molecule has 4 rings (SSSR count). The Balaban J connectivity index is 2.17. The number of aliphatic hydroxyl groups is 1. The molecule has 2 aromatic heterocycles. The van der Waals surface area contributed by atoms with Crippen LogP contribution in [-0.4, -0.2) is 42.6 Å². The lowest BCUT2D eigenvalue weighted by atomic mass is 9.91. The van der Waals surface area contributed by atoms with Gasteiger partial charge in [0, 0.05) is 45.0 Å². The van der Waals surface area contributed by atoms with Crippen LogP contribution in [0.3, 0.4) is 0 Å². The molecule has 2 heterocycles. The molecule has 0 unspecified atom stereocenters. The number of halogens is 1. The topological polar surface area (TPSA) is 91.2 Å². The standard InChI is InChI=1S/C22H23FN4O2S/c1-22(2,28)11-19-20(13-5-7-15(23)8-6-13)16-9-14-12-24-26-18(14)10-17(16)21(25-19)27-30(3,4)29/h5-10,12,28H,11H2,1-4H3,(H,24,26). The predicted octanol–water partition coefficient (Wildman–Crippen LogP) is 4.59. The molecule has 2 aromatic carbocycles. The second-order valence-electron chi connectivity index (χ2n) is 8.38. The number of benzene rings is 2. The second kappa shape index (κ2) is 7.14. The average Bonchev–Trinajstić information content (AvgIpc) is 3.06. The molecule has 0 aliphatic rings. The molecule has 0 spiro atoms. The molecular formula is C22H23FN4O2S. The third-order valence-electron chi connectivity index (χ3n) is 4.66. The lowest BCUT2D eigenvalue weighted by molar-refractivity contribution is 0.0801. The van der Waals surface area contributed by atoms with Crippen LogP contribution in [0.15, 0.2) is 47.0 Å². The third-order valence-corrected chi connectivity index (χ3v) is 5.27. The molecule has 0 aliphatic heterocycles. The minimum absolute atomic E-state index is 0.246. The minimum atomic E-state index is -2.48. The number of nitrogens with one attached hydrogen (secondary N) is 1. The summed E-state index contributed by atoms with van der Waals surface area (Å²) in [7, 11) is -2.48. The Hall–Kier alpha value is -2.84. The Morgan fingerprint density at radius 1 is 1.17 bits per heavy atom. The van der Waals surface area contributed by atoms with Crippen LogP contribution in [0.25, 0.3) is 32.8 Å². The number of aromatic nitrogens is 3. The third kappa shape index (κ3) is 4.20. The van der Waals surface area contributed by atoms with Gasteiger partial charge < -0.3 is 5.11 Å². The Morgan fingerprint density at radius 3 is 2.50 bits per heavy atom. The zero-order valence-corrected chi connectivity index (χ0v) is 18.0. The number of aromatic amines is 1. The molecule has 6 nitrogen and oxygen atoms in total. The van der Waals surface area contributed by atoms with Crippen molar-refractivity contribution < 1.29 is 13.7 Å². The summed E-state index contributed by atoms with van der Waals surface area (Å²) in [6, 6.07) is 10.0. The van der Waals surface area contributed by atoms with E-state index in [0.717, 1.165) is 27.4 Å². The molecule has 0 radical (unpaired) electrons. The Labute approximate surface area is 174 Å². The summed E-state index contributed by atoms with van der Waals surface area (Å²) in [6.45, 7) is 3.40. The normalized spacial score (nSPS) is 12.6. The molecule has 2 N–H and O–H groups in total. The van der Waals surface area contributed by atoms with Crippen molar-refractivity contribution in [2.24, 2.45) is 4.36 Å². The summed E-state index contributed by atoms with van der Waals surface area (Å²) in [4.78, 5) is 4.73. The van der Waals surface area contributed by atoms with Crippen molar-refractivity contribution in [3.63, 3.8) is 0 Å². The Kier molecular flexibility index (Phi) is 4.86. The summed E-state index contributed by atoms with van der Waals surface area (Å²) in [6.07, 6.45) is 5.08. The molecule has 0 saturated carbocycles. The summed E-state index contributed by atoms with van der Waals surface area (Å²) in [5, 5.41) is 20.0. The molecule has 4 aromatic rings. The van der Waals surface area contributed by atoms with Crippen molar-refractivity contribution in [1.82, 2.24) is 15.2 Å². The number of pyridine rings is 1. The molecule has 0 fully saturated rings. The first-order valence-corrected chi connectivity index (χ1v) is 11.8. The van der Waals surface area contributed by atoms with Gasteiger partial charge in [0.15, 0.2) is 5.82 Å². The van der Waals surface area contributed by atoms with E-state index in [1.54, 1.807) is 44.7 Å². The van der Waals surface area contributed by atoms with Crippen LogP contribution in [0, 0.1) is 5.82 Å². The maximum atomic E-state index is 13.6. The van der Waals surface area contributed by atoms with Gasteiger partial charge in [0.2, 0.25) is 0 Å². The van der Waals surface area contributed by atoms with E-state index in [-0.39, 0.29) is 12.2 Å². The van der Waals surface area contributed by atoms with E-state index >= 15 is 0 Å². The van der Waals surface area contributed by atoms with Gasteiger partial charge in [0.05, 0.1) is 23.0 Å². The van der Waals surface area contributed by atoms with Gasteiger partial charge in [0.1, 0.15) is 5.82 Å². The molecule has 156 valence electrons. The second-order valence-corrected chi connectivity index (χ2v) is 10.9. The lowest BCUT2D eigenvalue weighted by Crippen LogP contribution is -2.23. The largest absolute Gasteiger partial charge is 0.390 e. The van der Waals surface area contributed by atoms with E-state index in [0.29, 0.717) is 16.9 Å². The van der Waals surface area contributed by atoms with E-state index < -0.39 is 15.3 Å². The molecule has 0 atom stereocenters. The van der Waals surface area contributed by atoms with Gasteiger partial charge in [-0.2, -0.15) is 9.46 Å². The highest BCUT2D eigenvalue weighted by Gasteiger charge is 2.22. The highest BCUT2D eigenvalue weighted by Crippen LogP contribution is 2.39. The van der Waals surface area contributed by atoms with Crippen molar-refractivity contribution in [2.45, 2.75) is 25.9 Å². The Bertz CT molecular complexity index is 1370. The minimum Gasteiger partial charge on any atom is -0.390 e. The summed E-state index contributed by atoms with van der Waals surface area (Å²) >= 11 is 0. The van der Waals surface area contributed by atoms with Crippen LogP contribution in [0.2, 0.25) is 0 Å². The number of fused-ring (bicyclic) bond motifs is 2. The van der Waals surface area contributed by atoms with Crippen LogP contribution in [0.4, 0.5) is 10.2 Å². The highest BCUT2D eigenvalue weighted by molar-refractivity contribution is 7.92. The SMILES string of the molecule is CC(C)(O)Cc1nc(N=S(C)(C)=O)c2cc3[nH]ncc3cc2c1-c1ccc(F)cc1. The molecular weight excluding hydrogens is 403 g/mol. The van der Waals surface area contributed by atoms with Gasteiger partial charge in [-0.05, 0) is 49.1 Å². The van der Waals surface area contributed by atoms with E-state index in [1.165, 1.54) is 12.1 Å². The number of H-pyrrole nitrogens is 1. The zero-order chi connectivity index (χ0) is 21.7. The number of hydrogen-bond acceptors (Lipinski definition) is 5. The number of rotatable bonds is 4. The van der Waals surface area contributed by atoms with Gasteiger partial charge in [-0.25, -0.2) is 13.6 Å². The molecule has 0 bridgehead atoms. The van der Waals surface area contributed by atoms with Crippen LogP contribution >= 0.6 is 0 Å². The van der Waals surface area contributed by atoms with Gasteiger partial charge in [0.25, 0.3) is 0 Å². The number of hydrogen-bond donors (Lipinski definition) is 2. The first-order valence-electron chi connectivity index (χ1n) is 9.45. The lowest BCUT2D eigenvalue weighted by Gasteiger charge is -2.21. The van der Waals surface area contributed by atoms with Crippen molar-refractivity contribution >= 4 is 37.2 Å². The van der Waals surface area contributed by atoms with Crippen LogP contribution < -0.4 is 0 Å². The van der Waals surface area contributed by atoms with E-state index in [1.807, 2.05) is 12.1 Å². The van der Waals surface area contributed by atoms with Crippen molar-refractivity contribution in [3.05, 3.63) is 54.1 Å². The smallest absolute Gasteiger partial charge is 0.169 e. The van der Waals surface area contributed by atoms with Gasteiger partial charge >= 0.3 is 0 Å². The number of nitrogens with zero attached hydrogens (tertiary/aromatic N) is 3. The van der Waals surface area contributed by atoms with Crippen LogP contribution in [0.1, 0.15) is 19.5 Å². The first kappa shape index (κ1) is 20.4. The van der Waals surface area contributed by atoms with Crippen LogP contribution in [-0.2, 0) is 16.1 Å². The van der Waals surface area contributed by atoms with Crippen molar-refractivity contribution in [1.29, 1.82) is 0 Å². The Morgan fingerprint density at radius 2 is 1.87 bits per heavy atom. The van der Waals surface area contributed by atoms with E-state index in [2.05, 4.69) is 14.6 Å². The fraction of sp³-hybridized carbons (Fsp3) is 0.273. The maximum absolute atomic E-state index is 13.6. The van der Waals surface area contributed by atoms with E-state index in [4.69, 9.17) is 4.98 Å². The van der Waals surface area contributed by atoms with Crippen molar-refractivity contribution in [2.75, 3.05) is 12.5 Å². The molecule has 30 heavy (non-hydrogen) atoms.